The Kier molecular flexibility index (Phi) is 3.47. The third kappa shape index (κ3) is 3.45. The van der Waals surface area contributed by atoms with Crippen molar-refractivity contribution in [3.05, 3.63) is 12.3 Å². The fraction of sp³-hybridized carbons (Fsp3) is 0.800. The molecular weight excluding hydrogens is 134 g/mol. The van der Waals surface area contributed by atoms with Gasteiger partial charge in [0.2, 0.25) is 0 Å². The molecular formula is C10H19N. The van der Waals surface area contributed by atoms with Crippen LogP contribution in [0.25, 0.3) is 0 Å². The van der Waals surface area contributed by atoms with E-state index in [2.05, 4.69) is 31.3 Å². The standard InChI is InChI=1S/C10H19N/c1-11(2)9-8-10-6-4-3-5-7-10/h8-10H,3-7H2,1-2H3. The van der Waals surface area contributed by atoms with E-state index in [-0.39, 0.29) is 0 Å². The van der Waals surface area contributed by atoms with Gasteiger partial charge in [-0.25, -0.2) is 0 Å². The molecule has 0 atom stereocenters. The minimum Gasteiger partial charge on any atom is -0.384 e. The fourth-order valence-corrected chi connectivity index (χ4v) is 1.62. The van der Waals surface area contributed by atoms with Crippen LogP contribution in [-0.4, -0.2) is 19.0 Å². The molecule has 0 heterocycles. The summed E-state index contributed by atoms with van der Waals surface area (Å²) in [6.45, 7) is 0. The van der Waals surface area contributed by atoms with Gasteiger partial charge in [0, 0.05) is 14.1 Å². The quantitative estimate of drug-likeness (QED) is 0.589. The maximum atomic E-state index is 2.36. The SMILES string of the molecule is CN(C)C=CC1CCCCC1. The van der Waals surface area contributed by atoms with Crippen LogP contribution in [0.2, 0.25) is 0 Å². The average molecular weight is 153 g/mol. The Balaban J connectivity index is 2.23. The van der Waals surface area contributed by atoms with E-state index in [0.29, 0.717) is 0 Å². The molecule has 1 rings (SSSR count). The maximum Gasteiger partial charge on any atom is 0.00555 e. The minimum atomic E-state index is 0.867. The lowest BCUT2D eigenvalue weighted by atomic mass is 9.89. The van der Waals surface area contributed by atoms with Crippen LogP contribution >= 0.6 is 0 Å². The molecule has 0 unspecified atom stereocenters. The predicted molar refractivity (Wildman–Crippen MR) is 49.4 cm³/mol. The monoisotopic (exact) mass is 153 g/mol. The molecule has 0 bridgehead atoms. The Labute approximate surface area is 70.1 Å². The normalized spacial score (nSPS) is 20.9. The molecule has 11 heavy (non-hydrogen) atoms. The van der Waals surface area contributed by atoms with Crippen molar-refractivity contribution in [2.24, 2.45) is 5.92 Å². The first kappa shape index (κ1) is 8.63. The molecule has 0 saturated heterocycles. The Hall–Kier alpha value is -0.460. The Bertz CT molecular complexity index is 121. The lowest BCUT2D eigenvalue weighted by Crippen LogP contribution is -2.06. The van der Waals surface area contributed by atoms with Crippen LogP contribution in [0.15, 0.2) is 12.3 Å². The average Bonchev–Trinajstić information content (AvgIpc) is 2.03. The van der Waals surface area contributed by atoms with Crippen LogP contribution in [0.3, 0.4) is 0 Å². The molecule has 0 aromatic carbocycles. The van der Waals surface area contributed by atoms with Gasteiger partial charge >= 0.3 is 0 Å². The highest BCUT2D eigenvalue weighted by atomic mass is 15.0. The van der Waals surface area contributed by atoms with Crippen LogP contribution in [0.4, 0.5) is 0 Å². The van der Waals surface area contributed by atoms with Gasteiger partial charge in [-0.3, -0.25) is 0 Å². The fourth-order valence-electron chi connectivity index (χ4n) is 1.62. The predicted octanol–water partition coefficient (Wildman–Crippen LogP) is 2.64. The van der Waals surface area contributed by atoms with E-state index >= 15 is 0 Å². The van der Waals surface area contributed by atoms with E-state index in [1.807, 2.05) is 0 Å². The van der Waals surface area contributed by atoms with Crippen LogP contribution in [-0.2, 0) is 0 Å². The second-order valence-corrected chi connectivity index (χ2v) is 3.70. The van der Waals surface area contributed by atoms with E-state index in [4.69, 9.17) is 0 Å². The Morgan fingerprint density at radius 2 is 1.73 bits per heavy atom. The van der Waals surface area contributed by atoms with Gasteiger partial charge in [-0.15, -0.1) is 0 Å². The van der Waals surface area contributed by atoms with Crippen molar-refractivity contribution in [2.45, 2.75) is 32.1 Å². The largest absolute Gasteiger partial charge is 0.384 e. The van der Waals surface area contributed by atoms with E-state index in [9.17, 15) is 0 Å². The molecule has 0 spiro atoms. The molecule has 1 aliphatic rings. The van der Waals surface area contributed by atoms with Crippen molar-refractivity contribution in [3.8, 4) is 0 Å². The number of allylic oxidation sites excluding steroid dienone is 1. The van der Waals surface area contributed by atoms with Gasteiger partial charge in [0.15, 0.2) is 0 Å². The second kappa shape index (κ2) is 4.42. The summed E-state index contributed by atoms with van der Waals surface area (Å²) in [5, 5.41) is 0. The molecule has 64 valence electrons. The zero-order valence-corrected chi connectivity index (χ0v) is 7.71. The molecule has 0 aliphatic heterocycles. The molecule has 1 saturated carbocycles. The maximum absolute atomic E-state index is 2.36. The van der Waals surface area contributed by atoms with Crippen molar-refractivity contribution >= 4 is 0 Å². The van der Waals surface area contributed by atoms with Crippen molar-refractivity contribution in [1.29, 1.82) is 0 Å². The third-order valence-corrected chi connectivity index (χ3v) is 2.31. The highest BCUT2D eigenvalue weighted by Gasteiger charge is 2.09. The van der Waals surface area contributed by atoms with Crippen LogP contribution < -0.4 is 0 Å². The number of hydrogen-bond acceptors (Lipinski definition) is 1. The highest BCUT2D eigenvalue weighted by Crippen LogP contribution is 2.24. The summed E-state index contributed by atoms with van der Waals surface area (Å²) < 4.78 is 0. The molecule has 1 aliphatic carbocycles. The summed E-state index contributed by atoms with van der Waals surface area (Å²) in [5.41, 5.74) is 0. The van der Waals surface area contributed by atoms with Gasteiger partial charge in [0.1, 0.15) is 0 Å². The number of rotatable bonds is 2. The Morgan fingerprint density at radius 3 is 2.27 bits per heavy atom. The van der Waals surface area contributed by atoms with E-state index in [1.54, 1.807) is 0 Å². The van der Waals surface area contributed by atoms with Crippen molar-refractivity contribution in [3.63, 3.8) is 0 Å². The first-order valence-electron chi connectivity index (χ1n) is 4.64. The zero-order chi connectivity index (χ0) is 8.10. The molecule has 0 radical (unpaired) electrons. The van der Waals surface area contributed by atoms with Gasteiger partial charge in [-0.2, -0.15) is 0 Å². The van der Waals surface area contributed by atoms with E-state index in [0.717, 1.165) is 5.92 Å². The van der Waals surface area contributed by atoms with E-state index < -0.39 is 0 Å². The van der Waals surface area contributed by atoms with Gasteiger partial charge in [-0.1, -0.05) is 25.3 Å². The third-order valence-electron chi connectivity index (χ3n) is 2.31. The summed E-state index contributed by atoms with van der Waals surface area (Å²) in [6, 6.07) is 0. The van der Waals surface area contributed by atoms with Crippen molar-refractivity contribution < 1.29 is 0 Å². The minimum absolute atomic E-state index is 0.867. The first-order valence-corrected chi connectivity index (χ1v) is 4.64. The summed E-state index contributed by atoms with van der Waals surface area (Å²) in [6.07, 6.45) is 11.7. The molecule has 1 nitrogen and oxygen atoms in total. The molecule has 1 fully saturated rings. The molecule has 1 heteroatoms. The lowest BCUT2D eigenvalue weighted by Gasteiger charge is -2.18. The van der Waals surface area contributed by atoms with Gasteiger partial charge in [0.05, 0.1) is 0 Å². The van der Waals surface area contributed by atoms with Gasteiger partial charge in [0.25, 0.3) is 0 Å². The van der Waals surface area contributed by atoms with Crippen LogP contribution in [0.5, 0.6) is 0 Å². The van der Waals surface area contributed by atoms with Gasteiger partial charge < -0.3 is 4.90 Å². The number of hydrogen-bond donors (Lipinski definition) is 0. The second-order valence-electron chi connectivity index (χ2n) is 3.70. The van der Waals surface area contributed by atoms with Crippen LogP contribution in [0, 0.1) is 5.92 Å². The molecule has 0 amide bonds. The summed E-state index contributed by atoms with van der Waals surface area (Å²) >= 11 is 0. The summed E-state index contributed by atoms with van der Waals surface area (Å²) in [4.78, 5) is 2.12. The first-order chi connectivity index (χ1) is 5.29. The van der Waals surface area contributed by atoms with Crippen LogP contribution in [0.1, 0.15) is 32.1 Å². The van der Waals surface area contributed by atoms with E-state index in [1.165, 1.54) is 32.1 Å². The topological polar surface area (TPSA) is 3.24 Å². The summed E-state index contributed by atoms with van der Waals surface area (Å²) in [7, 11) is 4.17. The smallest absolute Gasteiger partial charge is 0.00555 e. The Morgan fingerprint density at radius 1 is 1.09 bits per heavy atom. The summed E-state index contributed by atoms with van der Waals surface area (Å²) in [5.74, 6) is 0.867. The number of nitrogens with zero attached hydrogens (tertiary/aromatic N) is 1. The molecule has 0 aromatic rings. The lowest BCUT2D eigenvalue weighted by molar-refractivity contribution is 0.413. The van der Waals surface area contributed by atoms with Gasteiger partial charge in [-0.05, 0) is 25.0 Å². The highest BCUT2D eigenvalue weighted by molar-refractivity contribution is 4.88. The van der Waals surface area contributed by atoms with Crippen molar-refractivity contribution in [2.75, 3.05) is 14.1 Å². The zero-order valence-electron chi connectivity index (χ0n) is 7.71. The molecule has 0 aromatic heterocycles. The van der Waals surface area contributed by atoms with Crippen molar-refractivity contribution in [1.82, 2.24) is 4.90 Å². The molecule has 0 N–H and O–H groups in total.